The van der Waals surface area contributed by atoms with E-state index in [0.717, 1.165) is 34.8 Å². The Morgan fingerprint density at radius 3 is 2.39 bits per heavy atom. The molecule has 0 unspecified atom stereocenters. The van der Waals surface area contributed by atoms with Gasteiger partial charge in [0.15, 0.2) is 0 Å². The van der Waals surface area contributed by atoms with Crippen molar-refractivity contribution >= 4 is 17.6 Å². The number of esters is 2. The van der Waals surface area contributed by atoms with E-state index >= 15 is 0 Å². The zero-order valence-corrected chi connectivity index (χ0v) is 20.2. The Morgan fingerprint density at radius 2 is 1.76 bits per heavy atom. The molecule has 5 heteroatoms. The summed E-state index contributed by atoms with van der Waals surface area (Å²) in [6.45, 7) is 6.57. The molecule has 0 spiro atoms. The lowest BCUT2D eigenvalue weighted by molar-refractivity contribution is -0.153. The second-order valence-corrected chi connectivity index (χ2v) is 10.4. The molecule has 4 rings (SSSR count). The molecule has 0 radical (unpaired) electrons. The van der Waals surface area contributed by atoms with Gasteiger partial charge in [0.05, 0.1) is 19.1 Å². The van der Waals surface area contributed by atoms with Gasteiger partial charge in [-0.1, -0.05) is 24.3 Å². The Kier molecular flexibility index (Phi) is 6.78. The van der Waals surface area contributed by atoms with Crippen LogP contribution in [-0.4, -0.2) is 31.2 Å². The first-order valence-corrected chi connectivity index (χ1v) is 12.0. The van der Waals surface area contributed by atoms with Crippen molar-refractivity contribution in [2.45, 2.75) is 70.8 Å². The molecule has 2 fully saturated rings. The molecule has 33 heavy (non-hydrogen) atoms. The van der Waals surface area contributed by atoms with Gasteiger partial charge in [0.2, 0.25) is 0 Å². The van der Waals surface area contributed by atoms with Gasteiger partial charge in [-0.05, 0) is 99.1 Å². The van der Waals surface area contributed by atoms with Crippen LogP contribution in [0.15, 0.2) is 36.4 Å². The Hall–Kier alpha value is -2.82. The summed E-state index contributed by atoms with van der Waals surface area (Å²) in [4.78, 5) is 25.1. The molecule has 2 aliphatic carbocycles. The minimum atomic E-state index is -0.519. The third kappa shape index (κ3) is 6.59. The summed E-state index contributed by atoms with van der Waals surface area (Å²) in [5.74, 6) is 0.758. The van der Waals surface area contributed by atoms with Crippen molar-refractivity contribution in [2.75, 3.05) is 19.0 Å². The number of hydrogen-bond acceptors (Lipinski definition) is 5. The molecular weight excluding hydrogens is 414 g/mol. The highest BCUT2D eigenvalue weighted by Gasteiger charge is 2.26. The van der Waals surface area contributed by atoms with E-state index in [9.17, 15) is 9.59 Å². The van der Waals surface area contributed by atoms with Crippen LogP contribution in [0.2, 0.25) is 0 Å². The average Bonchev–Trinajstić information content (AvgIpc) is 3.65. The number of anilines is 1. The second-order valence-electron chi connectivity index (χ2n) is 10.4. The fraction of sp³-hybridized carbons (Fsp3) is 0.500. The summed E-state index contributed by atoms with van der Waals surface area (Å²) >= 11 is 0. The quantitative estimate of drug-likeness (QED) is 0.501. The van der Waals surface area contributed by atoms with Gasteiger partial charge < -0.3 is 14.8 Å². The molecule has 0 saturated heterocycles. The van der Waals surface area contributed by atoms with Gasteiger partial charge >= 0.3 is 11.9 Å². The third-order valence-electron chi connectivity index (χ3n) is 6.19. The Morgan fingerprint density at radius 1 is 1.00 bits per heavy atom. The predicted octanol–water partition coefficient (Wildman–Crippen LogP) is 5.65. The van der Waals surface area contributed by atoms with Gasteiger partial charge in [0.25, 0.3) is 0 Å². The summed E-state index contributed by atoms with van der Waals surface area (Å²) in [5.41, 5.74) is 5.22. The lowest BCUT2D eigenvalue weighted by Gasteiger charge is -2.20. The standard InChI is InChI=1S/C28H35NO4/c1-28(2,3)33-26(30)16-23-14-19(7-12-25(23)29-17-18-5-6-18)13-22-11-10-21(20-8-9-20)15-24(22)27(31)32-4/h7,10-12,14-15,18,20,29H,5-6,8-9,13,16-17H2,1-4H3. The number of carbonyl (C=O) groups is 2. The van der Waals surface area contributed by atoms with Crippen LogP contribution >= 0.6 is 0 Å². The zero-order valence-electron chi connectivity index (χ0n) is 20.2. The Labute approximate surface area is 196 Å². The first-order chi connectivity index (χ1) is 15.7. The van der Waals surface area contributed by atoms with E-state index in [0.29, 0.717) is 17.9 Å². The lowest BCUT2D eigenvalue weighted by atomic mass is 9.94. The van der Waals surface area contributed by atoms with Crippen molar-refractivity contribution in [1.82, 2.24) is 0 Å². The monoisotopic (exact) mass is 449 g/mol. The van der Waals surface area contributed by atoms with Crippen LogP contribution in [-0.2, 0) is 27.1 Å². The first kappa shape index (κ1) is 23.3. The highest BCUT2D eigenvalue weighted by atomic mass is 16.6. The van der Waals surface area contributed by atoms with E-state index in [2.05, 4.69) is 23.5 Å². The number of nitrogens with one attached hydrogen (secondary N) is 1. The van der Waals surface area contributed by atoms with Gasteiger partial charge in [0, 0.05) is 12.2 Å². The number of methoxy groups -OCH3 is 1. The van der Waals surface area contributed by atoms with E-state index in [1.807, 2.05) is 39.0 Å². The molecule has 0 bridgehead atoms. The van der Waals surface area contributed by atoms with E-state index < -0.39 is 5.60 Å². The smallest absolute Gasteiger partial charge is 0.338 e. The summed E-state index contributed by atoms with van der Waals surface area (Å²) in [7, 11) is 1.43. The van der Waals surface area contributed by atoms with E-state index in [1.165, 1.54) is 38.4 Å². The number of carbonyl (C=O) groups excluding carboxylic acids is 2. The van der Waals surface area contributed by atoms with Gasteiger partial charge in [-0.2, -0.15) is 0 Å². The molecular formula is C28H35NO4. The van der Waals surface area contributed by atoms with Crippen molar-refractivity contribution in [3.05, 3.63) is 64.2 Å². The van der Waals surface area contributed by atoms with Crippen molar-refractivity contribution < 1.29 is 19.1 Å². The molecule has 2 saturated carbocycles. The van der Waals surface area contributed by atoms with Crippen LogP contribution in [0.4, 0.5) is 5.69 Å². The maximum absolute atomic E-state index is 12.6. The first-order valence-electron chi connectivity index (χ1n) is 12.0. The molecule has 1 N–H and O–H groups in total. The fourth-order valence-corrected chi connectivity index (χ4v) is 4.12. The largest absolute Gasteiger partial charge is 0.465 e. The minimum Gasteiger partial charge on any atom is -0.465 e. The number of benzene rings is 2. The van der Waals surface area contributed by atoms with Crippen LogP contribution in [0.1, 0.15) is 85.0 Å². The molecule has 0 atom stereocenters. The molecule has 0 aromatic heterocycles. The van der Waals surface area contributed by atoms with E-state index in [-0.39, 0.29) is 18.4 Å². The van der Waals surface area contributed by atoms with Crippen LogP contribution in [0.25, 0.3) is 0 Å². The molecule has 2 aromatic carbocycles. The molecule has 5 nitrogen and oxygen atoms in total. The number of ether oxygens (including phenoxy) is 2. The topological polar surface area (TPSA) is 64.6 Å². The van der Waals surface area contributed by atoms with E-state index in [4.69, 9.17) is 9.47 Å². The Balaban J connectivity index is 1.58. The van der Waals surface area contributed by atoms with Gasteiger partial charge in [-0.25, -0.2) is 4.79 Å². The summed E-state index contributed by atoms with van der Waals surface area (Å²) in [6, 6.07) is 12.4. The summed E-state index contributed by atoms with van der Waals surface area (Å²) < 4.78 is 10.6. The maximum Gasteiger partial charge on any atom is 0.338 e. The Bertz CT molecular complexity index is 1030. The predicted molar refractivity (Wildman–Crippen MR) is 130 cm³/mol. The average molecular weight is 450 g/mol. The third-order valence-corrected chi connectivity index (χ3v) is 6.19. The van der Waals surface area contributed by atoms with Crippen LogP contribution < -0.4 is 5.32 Å². The number of rotatable bonds is 9. The second kappa shape index (κ2) is 9.58. The normalized spacial score (nSPS) is 15.8. The van der Waals surface area contributed by atoms with Gasteiger partial charge in [0.1, 0.15) is 5.60 Å². The van der Waals surface area contributed by atoms with Crippen LogP contribution in [0, 0.1) is 5.92 Å². The van der Waals surface area contributed by atoms with Crippen LogP contribution in [0.3, 0.4) is 0 Å². The summed E-state index contributed by atoms with van der Waals surface area (Å²) in [6.07, 6.45) is 5.70. The number of hydrogen-bond donors (Lipinski definition) is 1. The fourth-order valence-electron chi connectivity index (χ4n) is 4.12. The minimum absolute atomic E-state index is 0.211. The lowest BCUT2D eigenvalue weighted by Crippen LogP contribution is -2.25. The molecule has 0 aliphatic heterocycles. The highest BCUT2D eigenvalue weighted by Crippen LogP contribution is 2.40. The molecule has 2 aromatic rings. The highest BCUT2D eigenvalue weighted by molar-refractivity contribution is 5.91. The van der Waals surface area contributed by atoms with Crippen LogP contribution in [0.5, 0.6) is 0 Å². The van der Waals surface area contributed by atoms with Crippen molar-refractivity contribution in [1.29, 1.82) is 0 Å². The van der Waals surface area contributed by atoms with Gasteiger partial charge in [-0.15, -0.1) is 0 Å². The molecule has 176 valence electrons. The van der Waals surface area contributed by atoms with Crippen molar-refractivity contribution in [3.63, 3.8) is 0 Å². The van der Waals surface area contributed by atoms with Crippen molar-refractivity contribution in [3.8, 4) is 0 Å². The molecule has 0 amide bonds. The SMILES string of the molecule is COC(=O)c1cc(C2CC2)ccc1Cc1ccc(NCC2CC2)c(CC(=O)OC(C)(C)C)c1. The van der Waals surface area contributed by atoms with Gasteiger partial charge in [-0.3, -0.25) is 4.79 Å². The summed E-state index contributed by atoms with van der Waals surface area (Å²) in [5, 5.41) is 3.52. The molecule has 0 heterocycles. The zero-order chi connectivity index (χ0) is 23.6. The molecule has 2 aliphatic rings. The van der Waals surface area contributed by atoms with E-state index in [1.54, 1.807) is 0 Å². The maximum atomic E-state index is 12.6. The van der Waals surface area contributed by atoms with Crippen molar-refractivity contribution in [2.24, 2.45) is 5.92 Å².